The zero-order valence-corrected chi connectivity index (χ0v) is 9.89. The van der Waals surface area contributed by atoms with Crippen molar-refractivity contribution in [2.45, 2.75) is 31.8 Å². The number of aliphatic hydroxyl groups excluding tert-OH is 1. The second kappa shape index (κ2) is 5.40. The molecule has 0 spiro atoms. The van der Waals surface area contributed by atoms with Gasteiger partial charge < -0.3 is 5.11 Å². The number of halogens is 6. The molecule has 1 nitrogen and oxygen atoms in total. The van der Waals surface area contributed by atoms with E-state index in [-0.39, 0.29) is 5.56 Å². The molecule has 0 aliphatic carbocycles. The van der Waals surface area contributed by atoms with Crippen LogP contribution in [0.1, 0.15) is 24.2 Å². The van der Waals surface area contributed by atoms with Crippen molar-refractivity contribution in [1.82, 2.24) is 0 Å². The highest BCUT2D eigenvalue weighted by Crippen LogP contribution is 2.46. The molecule has 0 aliphatic heterocycles. The van der Waals surface area contributed by atoms with Crippen molar-refractivity contribution in [2.75, 3.05) is 0 Å². The van der Waals surface area contributed by atoms with Crippen LogP contribution in [0.5, 0.6) is 0 Å². The van der Waals surface area contributed by atoms with Gasteiger partial charge in [-0.15, -0.1) is 0 Å². The normalized spacial score (nSPS) is 14.8. The first-order valence-corrected chi connectivity index (χ1v) is 5.47. The van der Waals surface area contributed by atoms with E-state index in [1.165, 1.54) is 6.07 Å². The molecule has 0 aromatic heterocycles. The highest BCUT2D eigenvalue weighted by atomic mass is 19.4. The van der Waals surface area contributed by atoms with Crippen LogP contribution < -0.4 is 0 Å². The van der Waals surface area contributed by atoms with Gasteiger partial charge >= 0.3 is 12.4 Å². The lowest BCUT2D eigenvalue weighted by Gasteiger charge is -2.27. The number of alkyl halides is 6. The van der Waals surface area contributed by atoms with Gasteiger partial charge in [0.05, 0.1) is 6.10 Å². The minimum atomic E-state index is -5.56. The van der Waals surface area contributed by atoms with Crippen LogP contribution in [0.15, 0.2) is 24.3 Å². The van der Waals surface area contributed by atoms with E-state index in [4.69, 9.17) is 0 Å². The van der Waals surface area contributed by atoms with Gasteiger partial charge in [0.1, 0.15) is 0 Å². The van der Waals surface area contributed by atoms with E-state index in [1.807, 2.05) is 0 Å². The molecule has 19 heavy (non-hydrogen) atoms. The molecular weight excluding hydrogens is 274 g/mol. The molecule has 0 bridgehead atoms. The molecule has 0 amide bonds. The van der Waals surface area contributed by atoms with E-state index < -0.39 is 24.4 Å². The first kappa shape index (κ1) is 15.8. The molecule has 0 saturated heterocycles. The average Bonchev–Trinajstić information content (AvgIpc) is 2.25. The SMILES string of the molecule is CCc1cccc(C(O)C(C(F)(F)F)C(F)(F)F)c1. The van der Waals surface area contributed by atoms with Crippen molar-refractivity contribution < 1.29 is 31.4 Å². The first-order chi connectivity index (χ1) is 8.57. The number of hydrogen-bond acceptors (Lipinski definition) is 1. The predicted octanol–water partition coefficient (Wildman–Crippen LogP) is 4.02. The van der Waals surface area contributed by atoms with Crippen molar-refractivity contribution in [3.05, 3.63) is 35.4 Å². The summed E-state index contributed by atoms with van der Waals surface area (Å²) in [6.45, 7) is 1.70. The predicted molar refractivity (Wildman–Crippen MR) is 56.4 cm³/mol. The molecule has 7 heteroatoms. The van der Waals surface area contributed by atoms with Gasteiger partial charge in [0.15, 0.2) is 5.92 Å². The van der Waals surface area contributed by atoms with Crippen LogP contribution in [0.3, 0.4) is 0 Å². The molecule has 1 atom stereocenters. The van der Waals surface area contributed by atoms with E-state index in [1.54, 1.807) is 13.0 Å². The molecule has 1 unspecified atom stereocenters. The monoisotopic (exact) mass is 286 g/mol. The summed E-state index contributed by atoms with van der Waals surface area (Å²) < 4.78 is 74.7. The minimum Gasteiger partial charge on any atom is -0.387 e. The lowest BCUT2D eigenvalue weighted by atomic mass is 9.93. The summed E-state index contributed by atoms with van der Waals surface area (Å²) >= 11 is 0. The Balaban J connectivity index is 3.16. The third kappa shape index (κ3) is 3.86. The second-order valence-corrected chi connectivity index (χ2v) is 4.10. The largest absolute Gasteiger partial charge is 0.403 e. The molecule has 1 aromatic carbocycles. The summed E-state index contributed by atoms with van der Waals surface area (Å²) in [5, 5.41) is 9.43. The summed E-state index contributed by atoms with van der Waals surface area (Å²) in [7, 11) is 0. The van der Waals surface area contributed by atoms with Crippen LogP contribution >= 0.6 is 0 Å². The molecule has 0 saturated carbocycles. The molecule has 108 valence electrons. The fourth-order valence-corrected chi connectivity index (χ4v) is 1.73. The van der Waals surface area contributed by atoms with Crippen LogP contribution in [0.25, 0.3) is 0 Å². The highest BCUT2D eigenvalue weighted by Gasteiger charge is 2.60. The Morgan fingerprint density at radius 2 is 1.58 bits per heavy atom. The fourth-order valence-electron chi connectivity index (χ4n) is 1.73. The van der Waals surface area contributed by atoms with Gasteiger partial charge in [0.2, 0.25) is 0 Å². The van der Waals surface area contributed by atoms with Crippen molar-refractivity contribution >= 4 is 0 Å². The molecular formula is C12H12F6O. The smallest absolute Gasteiger partial charge is 0.387 e. The summed E-state index contributed by atoms with van der Waals surface area (Å²) in [4.78, 5) is 0. The molecule has 1 rings (SSSR count). The van der Waals surface area contributed by atoms with Gasteiger partial charge in [-0.05, 0) is 17.5 Å². The van der Waals surface area contributed by atoms with Crippen molar-refractivity contribution in [2.24, 2.45) is 5.92 Å². The van der Waals surface area contributed by atoms with Crippen LogP contribution in [0.2, 0.25) is 0 Å². The van der Waals surface area contributed by atoms with Crippen LogP contribution in [-0.4, -0.2) is 17.5 Å². The van der Waals surface area contributed by atoms with Crippen LogP contribution in [0.4, 0.5) is 26.3 Å². The molecule has 0 heterocycles. The summed E-state index contributed by atoms with van der Waals surface area (Å²) in [6.07, 6.45) is -13.3. The Morgan fingerprint density at radius 3 is 2.00 bits per heavy atom. The molecule has 0 radical (unpaired) electrons. The molecule has 0 aliphatic rings. The Morgan fingerprint density at radius 1 is 1.05 bits per heavy atom. The zero-order valence-electron chi connectivity index (χ0n) is 9.89. The molecule has 0 fully saturated rings. The van der Waals surface area contributed by atoms with Crippen molar-refractivity contribution in [3.63, 3.8) is 0 Å². The summed E-state index contributed by atoms with van der Waals surface area (Å²) in [5.74, 6) is -3.79. The maximum Gasteiger partial charge on any atom is 0.403 e. The van der Waals surface area contributed by atoms with Crippen LogP contribution in [0, 0.1) is 5.92 Å². The Bertz CT molecular complexity index is 409. The van der Waals surface area contributed by atoms with Crippen LogP contribution in [-0.2, 0) is 6.42 Å². The van der Waals surface area contributed by atoms with Crippen molar-refractivity contribution in [3.8, 4) is 0 Å². The van der Waals surface area contributed by atoms with E-state index in [9.17, 15) is 31.4 Å². The number of aliphatic hydroxyl groups is 1. The number of rotatable bonds is 3. The quantitative estimate of drug-likeness (QED) is 0.832. The molecule has 1 aromatic rings. The highest BCUT2D eigenvalue weighted by molar-refractivity contribution is 5.26. The van der Waals surface area contributed by atoms with Gasteiger partial charge in [-0.2, -0.15) is 26.3 Å². The fraction of sp³-hybridized carbons (Fsp3) is 0.500. The zero-order chi connectivity index (χ0) is 14.8. The Kier molecular flexibility index (Phi) is 4.50. The van der Waals surface area contributed by atoms with Gasteiger partial charge in [-0.3, -0.25) is 0 Å². The minimum absolute atomic E-state index is 0.390. The third-order valence-corrected chi connectivity index (χ3v) is 2.72. The Hall–Kier alpha value is -1.24. The Labute approximate surface area is 105 Å². The number of benzene rings is 1. The number of aryl methyl sites for hydroxylation is 1. The molecule has 1 N–H and O–H groups in total. The third-order valence-electron chi connectivity index (χ3n) is 2.72. The van der Waals surface area contributed by atoms with Gasteiger partial charge in [0.25, 0.3) is 0 Å². The lowest BCUT2D eigenvalue weighted by molar-refractivity contribution is -0.307. The maximum atomic E-state index is 12.5. The van der Waals surface area contributed by atoms with E-state index in [2.05, 4.69) is 0 Å². The number of hydrogen-bond donors (Lipinski definition) is 1. The van der Waals surface area contributed by atoms with E-state index >= 15 is 0 Å². The van der Waals surface area contributed by atoms with Crippen molar-refractivity contribution in [1.29, 1.82) is 0 Å². The summed E-state index contributed by atoms with van der Waals surface area (Å²) in [5.41, 5.74) is 0.165. The first-order valence-electron chi connectivity index (χ1n) is 5.47. The lowest BCUT2D eigenvalue weighted by Crippen LogP contribution is -2.40. The maximum absolute atomic E-state index is 12.5. The second-order valence-electron chi connectivity index (χ2n) is 4.10. The topological polar surface area (TPSA) is 20.2 Å². The van der Waals surface area contributed by atoms with Gasteiger partial charge in [-0.25, -0.2) is 0 Å². The standard InChI is InChI=1S/C12H12F6O/c1-2-7-4-3-5-8(6-7)9(19)10(11(13,14)15)12(16,17)18/h3-6,9-10,19H,2H2,1H3. The van der Waals surface area contributed by atoms with Gasteiger partial charge in [0, 0.05) is 0 Å². The average molecular weight is 286 g/mol. The van der Waals surface area contributed by atoms with Gasteiger partial charge in [-0.1, -0.05) is 31.2 Å². The van der Waals surface area contributed by atoms with E-state index in [0.717, 1.165) is 12.1 Å². The summed E-state index contributed by atoms with van der Waals surface area (Å²) in [6, 6.07) is 5.08. The van der Waals surface area contributed by atoms with E-state index in [0.29, 0.717) is 12.0 Å².